The predicted octanol–water partition coefficient (Wildman–Crippen LogP) is 3.46. The largest absolute Gasteiger partial charge is 0.324 e. The van der Waals surface area contributed by atoms with Gasteiger partial charge in [-0.3, -0.25) is 0 Å². The molecule has 2 heteroatoms. The second-order valence-electron chi connectivity index (χ2n) is 4.19. The summed E-state index contributed by atoms with van der Waals surface area (Å²) < 4.78 is 13.0. The average molecular weight is 229 g/mol. The summed E-state index contributed by atoms with van der Waals surface area (Å²) in [5, 5.41) is 0. The summed E-state index contributed by atoms with van der Waals surface area (Å²) in [5.74, 6) is -0.224. The quantitative estimate of drug-likeness (QED) is 0.853. The lowest BCUT2D eigenvalue weighted by Gasteiger charge is -2.12. The van der Waals surface area contributed by atoms with Gasteiger partial charge in [-0.2, -0.15) is 0 Å². The molecule has 17 heavy (non-hydrogen) atoms. The standard InChI is InChI=1S/C15H16FN/c16-14-8-4-7-13(11-14)15(17)10-9-12-5-2-1-3-6-12/h1-8,11,15H,9-10,17H2/t15-/m0/s1. The van der Waals surface area contributed by atoms with Gasteiger partial charge in [0.15, 0.2) is 0 Å². The molecule has 2 aromatic rings. The normalized spacial score (nSPS) is 12.4. The maximum absolute atomic E-state index is 13.0. The van der Waals surface area contributed by atoms with Crippen molar-refractivity contribution in [1.82, 2.24) is 0 Å². The number of nitrogens with two attached hydrogens (primary N) is 1. The SMILES string of the molecule is N[C@@H](CCc1ccccc1)c1cccc(F)c1. The van der Waals surface area contributed by atoms with Crippen molar-refractivity contribution in [2.75, 3.05) is 0 Å². The average Bonchev–Trinajstić information content (AvgIpc) is 2.37. The van der Waals surface area contributed by atoms with Crippen molar-refractivity contribution in [3.05, 3.63) is 71.5 Å². The smallest absolute Gasteiger partial charge is 0.123 e. The minimum Gasteiger partial charge on any atom is -0.324 e. The monoisotopic (exact) mass is 229 g/mol. The van der Waals surface area contributed by atoms with Gasteiger partial charge in [0.1, 0.15) is 5.82 Å². The third kappa shape index (κ3) is 3.40. The second-order valence-corrected chi connectivity index (χ2v) is 4.19. The van der Waals surface area contributed by atoms with E-state index in [0.717, 1.165) is 18.4 Å². The summed E-state index contributed by atoms with van der Waals surface area (Å²) in [6.45, 7) is 0. The van der Waals surface area contributed by atoms with E-state index in [2.05, 4.69) is 12.1 Å². The first-order chi connectivity index (χ1) is 8.25. The molecule has 0 aliphatic heterocycles. The number of aryl methyl sites for hydroxylation is 1. The minimum absolute atomic E-state index is 0.106. The van der Waals surface area contributed by atoms with Gasteiger partial charge in [0, 0.05) is 6.04 Å². The van der Waals surface area contributed by atoms with E-state index >= 15 is 0 Å². The van der Waals surface area contributed by atoms with E-state index in [-0.39, 0.29) is 11.9 Å². The molecule has 0 aromatic heterocycles. The Morgan fingerprint density at radius 3 is 2.47 bits per heavy atom. The molecule has 0 heterocycles. The maximum Gasteiger partial charge on any atom is 0.123 e. The molecule has 0 saturated carbocycles. The number of hydrogen-bond acceptors (Lipinski definition) is 1. The van der Waals surface area contributed by atoms with Crippen molar-refractivity contribution in [2.24, 2.45) is 5.73 Å². The lowest BCUT2D eigenvalue weighted by molar-refractivity contribution is 0.609. The summed E-state index contributed by atoms with van der Waals surface area (Å²) in [6.07, 6.45) is 1.74. The van der Waals surface area contributed by atoms with E-state index < -0.39 is 0 Å². The van der Waals surface area contributed by atoms with Crippen LogP contribution in [0.3, 0.4) is 0 Å². The lowest BCUT2D eigenvalue weighted by atomic mass is 10.00. The van der Waals surface area contributed by atoms with Crippen LogP contribution < -0.4 is 5.73 Å². The number of rotatable bonds is 4. The van der Waals surface area contributed by atoms with Gasteiger partial charge in [-0.25, -0.2) is 4.39 Å². The summed E-state index contributed by atoms with van der Waals surface area (Å²) >= 11 is 0. The maximum atomic E-state index is 13.0. The van der Waals surface area contributed by atoms with Crippen LogP contribution in [0.2, 0.25) is 0 Å². The highest BCUT2D eigenvalue weighted by molar-refractivity contribution is 5.21. The summed E-state index contributed by atoms with van der Waals surface area (Å²) in [7, 11) is 0. The zero-order valence-electron chi connectivity index (χ0n) is 9.64. The fourth-order valence-corrected chi connectivity index (χ4v) is 1.87. The van der Waals surface area contributed by atoms with Gasteiger partial charge in [0.25, 0.3) is 0 Å². The fourth-order valence-electron chi connectivity index (χ4n) is 1.87. The van der Waals surface area contributed by atoms with Crippen molar-refractivity contribution in [3.63, 3.8) is 0 Å². The molecule has 0 radical (unpaired) electrons. The Kier molecular flexibility index (Phi) is 3.89. The Bertz CT molecular complexity index is 467. The van der Waals surface area contributed by atoms with E-state index in [9.17, 15) is 4.39 Å². The molecule has 88 valence electrons. The summed E-state index contributed by atoms with van der Waals surface area (Å²) in [6, 6.07) is 16.6. The van der Waals surface area contributed by atoms with Gasteiger partial charge in [-0.15, -0.1) is 0 Å². The molecule has 0 spiro atoms. The zero-order valence-corrected chi connectivity index (χ0v) is 9.64. The van der Waals surface area contributed by atoms with Crippen LogP contribution in [0.5, 0.6) is 0 Å². The van der Waals surface area contributed by atoms with Crippen molar-refractivity contribution in [3.8, 4) is 0 Å². The van der Waals surface area contributed by atoms with Gasteiger partial charge >= 0.3 is 0 Å². The third-order valence-electron chi connectivity index (χ3n) is 2.86. The summed E-state index contributed by atoms with van der Waals surface area (Å²) in [4.78, 5) is 0. The van der Waals surface area contributed by atoms with Gasteiger partial charge in [-0.05, 0) is 36.1 Å². The van der Waals surface area contributed by atoms with Crippen LogP contribution in [0, 0.1) is 5.82 Å². The van der Waals surface area contributed by atoms with E-state index in [1.807, 2.05) is 24.3 Å². The highest BCUT2D eigenvalue weighted by Crippen LogP contribution is 2.17. The molecular formula is C15H16FN. The second kappa shape index (κ2) is 5.60. The molecule has 0 aliphatic carbocycles. The molecule has 1 atom stereocenters. The molecule has 2 N–H and O–H groups in total. The van der Waals surface area contributed by atoms with E-state index in [1.54, 1.807) is 6.07 Å². The van der Waals surface area contributed by atoms with Gasteiger partial charge < -0.3 is 5.73 Å². The van der Waals surface area contributed by atoms with Gasteiger partial charge in [0.2, 0.25) is 0 Å². The van der Waals surface area contributed by atoms with Crippen LogP contribution in [-0.4, -0.2) is 0 Å². The highest BCUT2D eigenvalue weighted by Gasteiger charge is 2.06. The minimum atomic E-state index is -0.224. The van der Waals surface area contributed by atoms with E-state index in [4.69, 9.17) is 5.73 Å². The number of halogens is 1. The third-order valence-corrected chi connectivity index (χ3v) is 2.86. The molecule has 0 unspecified atom stereocenters. The molecule has 0 aliphatic rings. The molecule has 1 nitrogen and oxygen atoms in total. The molecule has 2 aromatic carbocycles. The topological polar surface area (TPSA) is 26.0 Å². The Morgan fingerprint density at radius 1 is 1.00 bits per heavy atom. The van der Waals surface area contributed by atoms with Gasteiger partial charge in [0.05, 0.1) is 0 Å². The molecule has 2 rings (SSSR count). The van der Waals surface area contributed by atoms with Crippen LogP contribution in [0.25, 0.3) is 0 Å². The zero-order chi connectivity index (χ0) is 12.1. The fraction of sp³-hybridized carbons (Fsp3) is 0.200. The first kappa shape index (κ1) is 11.8. The molecular weight excluding hydrogens is 213 g/mol. The highest BCUT2D eigenvalue weighted by atomic mass is 19.1. The van der Waals surface area contributed by atoms with E-state index in [1.165, 1.54) is 17.7 Å². The van der Waals surface area contributed by atoms with E-state index in [0.29, 0.717) is 0 Å². The molecule has 0 saturated heterocycles. The van der Waals surface area contributed by atoms with Crippen LogP contribution in [0.15, 0.2) is 54.6 Å². The number of hydrogen-bond donors (Lipinski definition) is 1. The predicted molar refractivity (Wildman–Crippen MR) is 68.1 cm³/mol. The molecule has 0 fully saturated rings. The number of benzene rings is 2. The van der Waals surface area contributed by atoms with Crippen molar-refractivity contribution < 1.29 is 4.39 Å². The Morgan fingerprint density at radius 2 is 1.76 bits per heavy atom. The van der Waals surface area contributed by atoms with Crippen LogP contribution in [-0.2, 0) is 6.42 Å². The van der Waals surface area contributed by atoms with Crippen molar-refractivity contribution >= 4 is 0 Å². The molecule has 0 amide bonds. The molecule has 0 bridgehead atoms. The Hall–Kier alpha value is -1.67. The van der Waals surface area contributed by atoms with Crippen LogP contribution in [0.4, 0.5) is 4.39 Å². The van der Waals surface area contributed by atoms with Crippen molar-refractivity contribution in [1.29, 1.82) is 0 Å². The van der Waals surface area contributed by atoms with Crippen molar-refractivity contribution in [2.45, 2.75) is 18.9 Å². The van der Waals surface area contributed by atoms with Crippen LogP contribution >= 0.6 is 0 Å². The first-order valence-electron chi connectivity index (χ1n) is 5.80. The Labute approximate surface area is 101 Å². The Balaban J connectivity index is 1.96. The summed E-state index contributed by atoms with van der Waals surface area (Å²) in [5.41, 5.74) is 8.17. The lowest BCUT2D eigenvalue weighted by Crippen LogP contribution is -2.11. The van der Waals surface area contributed by atoms with Crippen LogP contribution in [0.1, 0.15) is 23.6 Å². The van der Waals surface area contributed by atoms with Gasteiger partial charge in [-0.1, -0.05) is 42.5 Å². The first-order valence-corrected chi connectivity index (χ1v) is 5.80.